The lowest BCUT2D eigenvalue weighted by atomic mass is 10.1. The Balaban J connectivity index is 1.89. The van der Waals surface area contributed by atoms with Crippen LogP contribution >= 0.6 is 0 Å². The van der Waals surface area contributed by atoms with Crippen molar-refractivity contribution < 1.29 is 28.5 Å². The number of ether oxygens (including phenoxy) is 5. The first kappa shape index (κ1) is 20.3. The van der Waals surface area contributed by atoms with Crippen molar-refractivity contribution in [3.63, 3.8) is 0 Å². The maximum Gasteiger partial charge on any atom is 0.231 e. The van der Waals surface area contributed by atoms with Gasteiger partial charge in [-0.1, -0.05) is 5.57 Å². The van der Waals surface area contributed by atoms with Crippen molar-refractivity contribution in [2.75, 3.05) is 27.9 Å². The number of fused-ring (bicyclic) bond motifs is 1. The zero-order chi connectivity index (χ0) is 21.0. The van der Waals surface area contributed by atoms with E-state index < -0.39 is 0 Å². The lowest BCUT2D eigenvalue weighted by Gasteiger charge is -2.12. The Hall–Kier alpha value is -3.41. The SMILES string of the molecule is COc1cc(OC)c(OC)cc1C=C1Oc2cc(OCC=C(C)C)ccc2C1=O. The maximum absolute atomic E-state index is 12.8. The molecule has 2 aromatic rings. The predicted molar refractivity (Wildman–Crippen MR) is 110 cm³/mol. The molecule has 1 aliphatic rings. The smallest absolute Gasteiger partial charge is 0.231 e. The van der Waals surface area contributed by atoms with Crippen molar-refractivity contribution in [2.45, 2.75) is 13.8 Å². The highest BCUT2D eigenvalue weighted by Crippen LogP contribution is 2.39. The normalized spacial score (nSPS) is 13.6. The molecular weight excluding hydrogens is 372 g/mol. The molecule has 0 amide bonds. The molecule has 152 valence electrons. The van der Waals surface area contributed by atoms with Gasteiger partial charge in [0.15, 0.2) is 17.3 Å². The largest absolute Gasteiger partial charge is 0.496 e. The van der Waals surface area contributed by atoms with Gasteiger partial charge in [0.1, 0.15) is 23.9 Å². The number of methoxy groups -OCH3 is 3. The Morgan fingerprint density at radius 2 is 1.66 bits per heavy atom. The molecule has 0 spiro atoms. The first-order chi connectivity index (χ1) is 14.0. The summed E-state index contributed by atoms with van der Waals surface area (Å²) < 4.78 is 27.6. The van der Waals surface area contributed by atoms with Crippen LogP contribution in [-0.2, 0) is 0 Å². The van der Waals surface area contributed by atoms with Crippen molar-refractivity contribution in [3.8, 4) is 28.7 Å². The zero-order valence-electron chi connectivity index (χ0n) is 17.2. The average molecular weight is 396 g/mol. The third-order valence-electron chi connectivity index (χ3n) is 4.41. The van der Waals surface area contributed by atoms with Crippen molar-refractivity contribution in [1.82, 2.24) is 0 Å². The third kappa shape index (κ3) is 4.37. The summed E-state index contributed by atoms with van der Waals surface area (Å²) in [4.78, 5) is 12.8. The van der Waals surface area contributed by atoms with E-state index in [2.05, 4.69) is 0 Å². The van der Waals surface area contributed by atoms with Crippen LogP contribution in [0.5, 0.6) is 28.7 Å². The van der Waals surface area contributed by atoms with Crippen LogP contribution in [0.4, 0.5) is 0 Å². The highest BCUT2D eigenvalue weighted by atomic mass is 16.5. The summed E-state index contributed by atoms with van der Waals surface area (Å²) in [7, 11) is 4.64. The van der Waals surface area contributed by atoms with E-state index in [4.69, 9.17) is 23.7 Å². The Morgan fingerprint density at radius 1 is 0.966 bits per heavy atom. The number of carbonyl (C=O) groups excluding carboxylic acids is 1. The van der Waals surface area contributed by atoms with Gasteiger partial charge in [-0.25, -0.2) is 0 Å². The average Bonchev–Trinajstić information content (AvgIpc) is 3.02. The molecule has 0 saturated carbocycles. The number of Topliss-reactive ketones (excluding diaryl/α,β-unsaturated/α-hetero) is 1. The van der Waals surface area contributed by atoms with E-state index in [0.717, 1.165) is 0 Å². The number of hydrogen-bond donors (Lipinski definition) is 0. The quantitative estimate of drug-likeness (QED) is 0.500. The van der Waals surface area contributed by atoms with Gasteiger partial charge in [-0.05, 0) is 44.2 Å². The molecular formula is C23H24O6. The van der Waals surface area contributed by atoms with Crippen LogP contribution in [0.25, 0.3) is 6.08 Å². The van der Waals surface area contributed by atoms with Gasteiger partial charge in [0, 0.05) is 17.7 Å². The van der Waals surface area contributed by atoms with E-state index in [9.17, 15) is 4.79 Å². The molecule has 0 radical (unpaired) electrons. The van der Waals surface area contributed by atoms with Gasteiger partial charge in [0.2, 0.25) is 5.78 Å². The first-order valence-corrected chi connectivity index (χ1v) is 9.11. The van der Waals surface area contributed by atoms with Gasteiger partial charge in [-0.15, -0.1) is 0 Å². The van der Waals surface area contributed by atoms with E-state index in [1.54, 1.807) is 57.7 Å². The Morgan fingerprint density at radius 3 is 2.31 bits per heavy atom. The van der Waals surface area contributed by atoms with Crippen LogP contribution in [0, 0.1) is 0 Å². The lowest BCUT2D eigenvalue weighted by Crippen LogP contribution is -2.00. The second kappa shape index (κ2) is 8.73. The number of benzene rings is 2. The summed E-state index contributed by atoms with van der Waals surface area (Å²) in [5, 5.41) is 0. The monoisotopic (exact) mass is 396 g/mol. The molecule has 2 aromatic carbocycles. The zero-order valence-corrected chi connectivity index (χ0v) is 17.2. The molecule has 0 saturated heterocycles. The molecule has 0 N–H and O–H groups in total. The molecule has 0 atom stereocenters. The van der Waals surface area contributed by atoms with Crippen molar-refractivity contribution in [3.05, 3.63) is 58.9 Å². The molecule has 29 heavy (non-hydrogen) atoms. The van der Waals surface area contributed by atoms with E-state index in [0.29, 0.717) is 46.5 Å². The minimum Gasteiger partial charge on any atom is -0.496 e. The van der Waals surface area contributed by atoms with Crippen LogP contribution < -0.4 is 23.7 Å². The second-order valence-electron chi connectivity index (χ2n) is 6.64. The Bertz CT molecular complexity index is 983. The Labute approximate surface area is 170 Å². The fraction of sp³-hybridized carbons (Fsp3) is 0.261. The summed E-state index contributed by atoms with van der Waals surface area (Å²) in [5.41, 5.74) is 2.30. The van der Waals surface area contributed by atoms with Crippen LogP contribution in [-0.4, -0.2) is 33.7 Å². The fourth-order valence-corrected chi connectivity index (χ4v) is 2.87. The topological polar surface area (TPSA) is 63.2 Å². The highest BCUT2D eigenvalue weighted by Gasteiger charge is 2.28. The fourth-order valence-electron chi connectivity index (χ4n) is 2.87. The molecule has 0 unspecified atom stereocenters. The molecule has 0 aliphatic carbocycles. The maximum atomic E-state index is 12.8. The predicted octanol–water partition coefficient (Wildman–Crippen LogP) is 4.67. The number of hydrogen-bond acceptors (Lipinski definition) is 6. The van der Waals surface area contributed by atoms with Crippen LogP contribution in [0.1, 0.15) is 29.8 Å². The molecule has 6 heteroatoms. The number of ketones is 1. The van der Waals surface area contributed by atoms with Crippen molar-refractivity contribution in [1.29, 1.82) is 0 Å². The minimum absolute atomic E-state index is 0.201. The summed E-state index contributed by atoms with van der Waals surface area (Å²) in [6.07, 6.45) is 3.61. The molecule has 6 nitrogen and oxygen atoms in total. The third-order valence-corrected chi connectivity index (χ3v) is 4.41. The van der Waals surface area contributed by atoms with Gasteiger partial charge < -0.3 is 23.7 Å². The lowest BCUT2D eigenvalue weighted by molar-refractivity contribution is 0.101. The molecule has 1 aliphatic heterocycles. The second-order valence-corrected chi connectivity index (χ2v) is 6.64. The molecule has 3 rings (SSSR count). The minimum atomic E-state index is -0.201. The van der Waals surface area contributed by atoms with E-state index in [1.807, 2.05) is 19.9 Å². The van der Waals surface area contributed by atoms with Gasteiger partial charge in [0.25, 0.3) is 0 Å². The van der Waals surface area contributed by atoms with Crippen molar-refractivity contribution in [2.24, 2.45) is 0 Å². The van der Waals surface area contributed by atoms with Gasteiger partial charge >= 0.3 is 0 Å². The van der Waals surface area contributed by atoms with Crippen molar-refractivity contribution >= 4 is 11.9 Å². The standard InChI is InChI=1S/C23H24O6/c1-14(2)8-9-28-16-6-7-17-19(12-16)29-22(23(17)24)11-15-10-20(26-4)21(27-5)13-18(15)25-3/h6-8,10-13H,9H2,1-5H3. The number of allylic oxidation sites excluding steroid dienone is 2. The molecule has 0 aromatic heterocycles. The van der Waals surface area contributed by atoms with E-state index >= 15 is 0 Å². The summed E-state index contributed by atoms with van der Waals surface area (Å²) in [6, 6.07) is 8.63. The summed E-state index contributed by atoms with van der Waals surface area (Å²) >= 11 is 0. The van der Waals surface area contributed by atoms with Crippen LogP contribution in [0.2, 0.25) is 0 Å². The molecule has 0 fully saturated rings. The van der Waals surface area contributed by atoms with E-state index in [-0.39, 0.29) is 11.5 Å². The van der Waals surface area contributed by atoms with Crippen LogP contribution in [0.3, 0.4) is 0 Å². The van der Waals surface area contributed by atoms with Gasteiger partial charge in [-0.2, -0.15) is 0 Å². The number of carbonyl (C=O) groups is 1. The van der Waals surface area contributed by atoms with Gasteiger partial charge in [-0.3, -0.25) is 4.79 Å². The molecule has 0 bridgehead atoms. The van der Waals surface area contributed by atoms with E-state index in [1.165, 1.54) is 5.57 Å². The van der Waals surface area contributed by atoms with Gasteiger partial charge in [0.05, 0.1) is 26.9 Å². The number of rotatable bonds is 7. The summed E-state index contributed by atoms with van der Waals surface area (Å²) in [6.45, 7) is 4.47. The van der Waals surface area contributed by atoms with Crippen LogP contribution in [0.15, 0.2) is 47.7 Å². The summed E-state index contributed by atoms with van der Waals surface area (Å²) in [5.74, 6) is 2.70. The Kier molecular flexibility index (Phi) is 6.12. The highest BCUT2D eigenvalue weighted by molar-refractivity contribution is 6.14. The first-order valence-electron chi connectivity index (χ1n) is 9.11. The molecule has 1 heterocycles.